The van der Waals surface area contributed by atoms with Crippen molar-refractivity contribution in [3.8, 4) is 11.5 Å². The van der Waals surface area contributed by atoms with Gasteiger partial charge >= 0.3 is 0 Å². The van der Waals surface area contributed by atoms with Gasteiger partial charge in [-0.15, -0.1) is 0 Å². The van der Waals surface area contributed by atoms with Crippen LogP contribution in [0.1, 0.15) is 35.7 Å². The maximum atomic E-state index is 12.5. The lowest BCUT2D eigenvalue weighted by Gasteiger charge is -2.12. The minimum atomic E-state index is -0.520. The summed E-state index contributed by atoms with van der Waals surface area (Å²) in [6.07, 6.45) is 1.93. The SMILES string of the molecule is CCCCOc1ccc(C(=O)Nc2ccc(C)cc2[N+](=O)[O-])cc1OC. The summed E-state index contributed by atoms with van der Waals surface area (Å²) < 4.78 is 10.9. The molecule has 0 spiro atoms. The number of nitrogens with zero attached hydrogens (tertiary/aromatic N) is 1. The average molecular weight is 358 g/mol. The molecule has 0 bridgehead atoms. The van der Waals surface area contributed by atoms with Crippen LogP contribution in [0.2, 0.25) is 0 Å². The van der Waals surface area contributed by atoms with Crippen LogP contribution < -0.4 is 14.8 Å². The van der Waals surface area contributed by atoms with Crippen molar-refractivity contribution in [2.75, 3.05) is 19.0 Å². The molecule has 0 radical (unpaired) electrons. The molecular weight excluding hydrogens is 336 g/mol. The molecule has 2 aromatic rings. The molecule has 0 saturated carbocycles. The predicted molar refractivity (Wildman–Crippen MR) is 99.2 cm³/mol. The van der Waals surface area contributed by atoms with E-state index in [-0.39, 0.29) is 11.4 Å². The third kappa shape index (κ3) is 4.72. The number of aryl methyl sites for hydroxylation is 1. The predicted octanol–water partition coefficient (Wildman–Crippen LogP) is 4.34. The van der Waals surface area contributed by atoms with Gasteiger partial charge in [-0.05, 0) is 43.2 Å². The fourth-order valence-electron chi connectivity index (χ4n) is 2.35. The Bertz CT molecular complexity index is 805. The molecule has 0 heterocycles. The van der Waals surface area contributed by atoms with Crippen molar-refractivity contribution in [3.63, 3.8) is 0 Å². The highest BCUT2D eigenvalue weighted by Gasteiger charge is 2.18. The van der Waals surface area contributed by atoms with E-state index in [0.29, 0.717) is 23.7 Å². The molecule has 0 aliphatic heterocycles. The van der Waals surface area contributed by atoms with Gasteiger partial charge in [-0.1, -0.05) is 19.4 Å². The zero-order valence-electron chi connectivity index (χ0n) is 15.1. The van der Waals surface area contributed by atoms with Gasteiger partial charge in [-0.25, -0.2) is 0 Å². The van der Waals surface area contributed by atoms with Crippen LogP contribution in [0.15, 0.2) is 36.4 Å². The molecule has 1 amide bonds. The lowest BCUT2D eigenvalue weighted by Crippen LogP contribution is -2.13. The van der Waals surface area contributed by atoms with Crippen LogP contribution in [0.5, 0.6) is 11.5 Å². The molecule has 1 N–H and O–H groups in total. The normalized spacial score (nSPS) is 10.3. The minimum absolute atomic E-state index is 0.146. The third-order valence-electron chi connectivity index (χ3n) is 3.78. The zero-order chi connectivity index (χ0) is 19.1. The summed E-state index contributed by atoms with van der Waals surface area (Å²) in [6, 6.07) is 9.45. The van der Waals surface area contributed by atoms with E-state index in [0.717, 1.165) is 18.4 Å². The zero-order valence-corrected chi connectivity index (χ0v) is 15.1. The van der Waals surface area contributed by atoms with E-state index in [4.69, 9.17) is 9.47 Å². The summed E-state index contributed by atoms with van der Waals surface area (Å²) in [5.41, 5.74) is 1.06. The van der Waals surface area contributed by atoms with E-state index < -0.39 is 10.8 Å². The Labute approximate surface area is 152 Å². The molecule has 0 fully saturated rings. The van der Waals surface area contributed by atoms with Crippen LogP contribution in [0.4, 0.5) is 11.4 Å². The monoisotopic (exact) mass is 358 g/mol. The van der Waals surface area contributed by atoms with E-state index >= 15 is 0 Å². The smallest absolute Gasteiger partial charge is 0.293 e. The Morgan fingerprint density at radius 3 is 2.62 bits per heavy atom. The summed E-state index contributed by atoms with van der Waals surface area (Å²) in [5.74, 6) is 0.529. The first-order valence-electron chi connectivity index (χ1n) is 8.33. The van der Waals surface area contributed by atoms with Gasteiger partial charge in [0.15, 0.2) is 11.5 Å². The number of hydrogen-bond acceptors (Lipinski definition) is 5. The van der Waals surface area contributed by atoms with Crippen LogP contribution in [0.25, 0.3) is 0 Å². The number of hydrogen-bond donors (Lipinski definition) is 1. The number of carbonyl (C=O) groups is 1. The van der Waals surface area contributed by atoms with Gasteiger partial charge in [0, 0.05) is 11.6 Å². The number of rotatable bonds is 8. The minimum Gasteiger partial charge on any atom is -0.493 e. The van der Waals surface area contributed by atoms with Crippen molar-refractivity contribution < 1.29 is 19.2 Å². The van der Waals surface area contributed by atoms with Crippen LogP contribution in [0, 0.1) is 17.0 Å². The van der Waals surface area contributed by atoms with Crippen molar-refractivity contribution in [1.82, 2.24) is 0 Å². The topological polar surface area (TPSA) is 90.7 Å². The molecule has 26 heavy (non-hydrogen) atoms. The van der Waals surface area contributed by atoms with E-state index in [9.17, 15) is 14.9 Å². The van der Waals surface area contributed by atoms with Crippen LogP contribution in [0.3, 0.4) is 0 Å². The Morgan fingerprint density at radius 1 is 1.19 bits per heavy atom. The van der Waals surface area contributed by atoms with Gasteiger partial charge in [0.1, 0.15) is 5.69 Å². The number of benzene rings is 2. The fraction of sp³-hybridized carbons (Fsp3) is 0.316. The van der Waals surface area contributed by atoms with Crippen molar-refractivity contribution in [2.24, 2.45) is 0 Å². The van der Waals surface area contributed by atoms with Crippen LogP contribution in [-0.4, -0.2) is 24.5 Å². The molecular formula is C19H22N2O5. The second-order valence-electron chi connectivity index (χ2n) is 5.80. The van der Waals surface area contributed by atoms with Gasteiger partial charge < -0.3 is 14.8 Å². The Morgan fingerprint density at radius 2 is 1.96 bits per heavy atom. The Balaban J connectivity index is 2.21. The number of carbonyl (C=O) groups excluding carboxylic acids is 1. The number of anilines is 1. The van der Waals surface area contributed by atoms with E-state index in [1.807, 2.05) is 0 Å². The van der Waals surface area contributed by atoms with Gasteiger partial charge in [0.25, 0.3) is 11.6 Å². The molecule has 0 aromatic heterocycles. The number of amides is 1. The maximum Gasteiger partial charge on any atom is 0.293 e. The molecule has 7 heteroatoms. The highest BCUT2D eigenvalue weighted by molar-refractivity contribution is 6.05. The van der Waals surface area contributed by atoms with Gasteiger partial charge in [0.2, 0.25) is 0 Å². The Kier molecular flexibility index (Phi) is 6.54. The third-order valence-corrected chi connectivity index (χ3v) is 3.78. The van der Waals surface area contributed by atoms with Crippen LogP contribution >= 0.6 is 0 Å². The molecule has 0 saturated heterocycles. The fourth-order valence-corrected chi connectivity index (χ4v) is 2.35. The summed E-state index contributed by atoms with van der Waals surface area (Å²) in [4.78, 5) is 23.1. The number of nitrogens with one attached hydrogen (secondary N) is 1. The highest BCUT2D eigenvalue weighted by Crippen LogP contribution is 2.30. The number of nitro groups is 1. The molecule has 138 valence electrons. The molecule has 0 atom stereocenters. The van der Waals surface area contributed by atoms with Crippen molar-refractivity contribution in [1.29, 1.82) is 0 Å². The summed E-state index contributed by atoms with van der Waals surface area (Å²) in [7, 11) is 1.49. The first kappa shape index (κ1) is 19.2. The first-order chi connectivity index (χ1) is 12.5. The first-order valence-corrected chi connectivity index (χ1v) is 8.33. The number of ether oxygens (including phenoxy) is 2. The lowest BCUT2D eigenvalue weighted by molar-refractivity contribution is -0.384. The lowest BCUT2D eigenvalue weighted by atomic mass is 10.1. The second kappa shape index (κ2) is 8.84. The summed E-state index contributed by atoms with van der Waals surface area (Å²) >= 11 is 0. The molecule has 2 rings (SSSR count). The summed E-state index contributed by atoms with van der Waals surface area (Å²) in [5, 5.41) is 13.8. The largest absolute Gasteiger partial charge is 0.493 e. The van der Waals surface area contributed by atoms with E-state index in [1.54, 1.807) is 31.2 Å². The average Bonchev–Trinajstić information content (AvgIpc) is 2.63. The molecule has 7 nitrogen and oxygen atoms in total. The second-order valence-corrected chi connectivity index (χ2v) is 5.80. The number of nitro benzene ring substituents is 1. The van der Waals surface area contributed by atoms with Crippen molar-refractivity contribution >= 4 is 17.3 Å². The number of methoxy groups -OCH3 is 1. The molecule has 0 unspecified atom stereocenters. The van der Waals surface area contributed by atoms with E-state index in [2.05, 4.69) is 12.2 Å². The maximum absolute atomic E-state index is 12.5. The molecule has 2 aromatic carbocycles. The van der Waals surface area contributed by atoms with Crippen LogP contribution in [-0.2, 0) is 0 Å². The van der Waals surface area contributed by atoms with Gasteiger partial charge in [-0.2, -0.15) is 0 Å². The Hall–Kier alpha value is -3.09. The van der Waals surface area contributed by atoms with Crippen molar-refractivity contribution in [3.05, 3.63) is 57.6 Å². The molecule has 0 aliphatic rings. The van der Waals surface area contributed by atoms with E-state index in [1.165, 1.54) is 19.2 Å². The standard InChI is InChI=1S/C19H22N2O5/c1-4-5-10-26-17-9-7-14(12-18(17)25-3)19(22)20-15-8-6-13(2)11-16(15)21(23)24/h6-9,11-12H,4-5,10H2,1-3H3,(H,20,22). The number of unbranched alkanes of at least 4 members (excludes halogenated alkanes) is 1. The quantitative estimate of drug-likeness (QED) is 0.430. The summed E-state index contributed by atoms with van der Waals surface area (Å²) in [6.45, 7) is 4.38. The van der Waals surface area contributed by atoms with Gasteiger partial charge in [-0.3, -0.25) is 14.9 Å². The highest BCUT2D eigenvalue weighted by atomic mass is 16.6. The van der Waals surface area contributed by atoms with Gasteiger partial charge in [0.05, 0.1) is 18.6 Å². The van der Waals surface area contributed by atoms with Crippen molar-refractivity contribution in [2.45, 2.75) is 26.7 Å². The molecule has 0 aliphatic carbocycles.